The Bertz CT molecular complexity index is 1750. The van der Waals surface area contributed by atoms with Gasteiger partial charge in [-0.25, -0.2) is 4.98 Å². The number of aromatic amines is 1. The topological polar surface area (TPSA) is 171 Å². The molecule has 3 heterocycles. The van der Waals surface area contributed by atoms with Crippen LogP contribution in [0, 0.1) is 0 Å². The number of aromatic nitrogens is 2. The van der Waals surface area contributed by atoms with Gasteiger partial charge in [-0.15, -0.1) is 0 Å². The molecule has 0 saturated heterocycles. The number of nitrogens with two attached hydrogens (primary N) is 2. The normalized spacial score (nSPS) is 19.6. The summed E-state index contributed by atoms with van der Waals surface area (Å²) >= 11 is 8.13. The lowest BCUT2D eigenvalue weighted by Crippen LogP contribution is -2.57. The van der Waals surface area contributed by atoms with E-state index in [4.69, 9.17) is 23.1 Å². The highest BCUT2D eigenvalue weighted by Gasteiger charge is 2.34. The molecule has 3 amide bonds. The summed E-state index contributed by atoms with van der Waals surface area (Å²) in [5, 5.41) is 10.8. The maximum absolute atomic E-state index is 14.3. The van der Waals surface area contributed by atoms with E-state index in [-0.39, 0.29) is 30.7 Å². The Hall–Kier alpha value is -3.94. The summed E-state index contributed by atoms with van der Waals surface area (Å²) in [6.07, 6.45) is 6.58. The van der Waals surface area contributed by atoms with Crippen LogP contribution in [0.5, 0.6) is 0 Å². The van der Waals surface area contributed by atoms with Gasteiger partial charge >= 0.3 is 0 Å². The second kappa shape index (κ2) is 17.6. The number of para-hydroxylation sites is 1. The van der Waals surface area contributed by atoms with Crippen molar-refractivity contribution in [1.82, 2.24) is 30.8 Å². The molecule has 0 radical (unpaired) electrons. The molecule has 11 nitrogen and oxygen atoms in total. The number of H-pyrrole nitrogens is 1. The van der Waals surface area contributed by atoms with E-state index in [0.717, 1.165) is 37.4 Å². The standard InChI is InChI=1S/C36H45ClN8O3S/c1-45-30(19-25-22-41-27-11-4-3-10-26(25)27)35(47)43-21-24-15-18-40-33(37)32(24)49-31-14-5-2-9-23(31)20-42-28(13-8-17-39)34(46)44-29(36(45)48)12-6-7-16-38/h2-5,9-11,14-15,18,22,28-30,41-42H,6-8,12-13,16-17,19-21,38-39H2,1H3,(H,43,47)(H,44,46)/t28-,29-,30-/m0/s1. The van der Waals surface area contributed by atoms with Gasteiger partial charge in [0.25, 0.3) is 0 Å². The number of carbonyl (C=O) groups excluding carboxylic acids is 3. The monoisotopic (exact) mass is 704 g/mol. The number of halogens is 1. The van der Waals surface area contributed by atoms with Gasteiger partial charge in [0, 0.05) is 54.8 Å². The van der Waals surface area contributed by atoms with Crippen LogP contribution in [0.15, 0.2) is 76.8 Å². The lowest BCUT2D eigenvalue weighted by Gasteiger charge is -2.32. The first-order valence-electron chi connectivity index (χ1n) is 16.7. The van der Waals surface area contributed by atoms with E-state index in [1.165, 1.54) is 16.7 Å². The minimum Gasteiger partial charge on any atom is -0.361 e. The minimum atomic E-state index is -0.878. The summed E-state index contributed by atoms with van der Waals surface area (Å²) in [6, 6.07) is 15.2. The third-order valence-corrected chi connectivity index (χ3v) is 10.6. The Balaban J connectivity index is 1.55. The number of nitrogens with zero attached hydrogens (tertiary/aromatic N) is 2. The summed E-state index contributed by atoms with van der Waals surface area (Å²) in [4.78, 5) is 53.1. The Morgan fingerprint density at radius 3 is 2.47 bits per heavy atom. The third-order valence-electron chi connectivity index (χ3n) is 8.90. The summed E-state index contributed by atoms with van der Waals surface area (Å²) in [6.45, 7) is 1.46. The number of unbranched alkanes of at least 4 members (excludes halogenated alkanes) is 1. The molecule has 0 saturated carbocycles. The maximum atomic E-state index is 14.3. The highest BCUT2D eigenvalue weighted by molar-refractivity contribution is 7.99. The molecule has 0 spiro atoms. The summed E-state index contributed by atoms with van der Waals surface area (Å²) in [7, 11) is 1.63. The van der Waals surface area contributed by atoms with Crippen molar-refractivity contribution in [3.8, 4) is 0 Å². The van der Waals surface area contributed by atoms with Crippen molar-refractivity contribution in [2.24, 2.45) is 11.5 Å². The molecule has 2 aromatic carbocycles. The smallest absolute Gasteiger partial charge is 0.245 e. The summed E-state index contributed by atoms with van der Waals surface area (Å²) < 4.78 is 0. The second-order valence-corrected chi connectivity index (χ2v) is 13.7. The van der Waals surface area contributed by atoms with E-state index >= 15 is 0 Å². The molecule has 2 aromatic heterocycles. The van der Waals surface area contributed by atoms with Crippen LogP contribution in [0.2, 0.25) is 5.15 Å². The van der Waals surface area contributed by atoms with Gasteiger partial charge in [0.05, 0.1) is 10.9 Å². The number of hydrogen-bond donors (Lipinski definition) is 6. The molecule has 260 valence electrons. The van der Waals surface area contributed by atoms with Gasteiger partial charge in [0.15, 0.2) is 0 Å². The second-order valence-electron chi connectivity index (χ2n) is 12.3. The van der Waals surface area contributed by atoms with Crippen LogP contribution in [0.3, 0.4) is 0 Å². The lowest BCUT2D eigenvalue weighted by molar-refractivity contribution is -0.142. The molecule has 1 aliphatic rings. The zero-order valence-corrected chi connectivity index (χ0v) is 29.3. The summed E-state index contributed by atoms with van der Waals surface area (Å²) in [5.74, 6) is -0.970. The van der Waals surface area contributed by atoms with Gasteiger partial charge in [-0.3, -0.25) is 14.4 Å². The number of fused-ring (bicyclic) bond motifs is 3. The first-order valence-corrected chi connectivity index (χ1v) is 17.9. The average Bonchev–Trinajstić information content (AvgIpc) is 3.52. The predicted molar refractivity (Wildman–Crippen MR) is 194 cm³/mol. The van der Waals surface area contributed by atoms with Gasteiger partial charge in [-0.2, -0.15) is 0 Å². The Labute approximate surface area is 296 Å². The van der Waals surface area contributed by atoms with Crippen molar-refractivity contribution < 1.29 is 14.4 Å². The minimum absolute atomic E-state index is 0.175. The van der Waals surface area contributed by atoms with E-state index in [9.17, 15) is 14.4 Å². The van der Waals surface area contributed by atoms with E-state index in [1.807, 2.05) is 60.8 Å². The summed E-state index contributed by atoms with van der Waals surface area (Å²) in [5.41, 5.74) is 15.2. The number of rotatable bonds is 9. The number of pyridine rings is 1. The molecule has 0 unspecified atom stereocenters. The highest BCUT2D eigenvalue weighted by atomic mass is 35.5. The molecule has 4 aromatic rings. The quantitative estimate of drug-likeness (QED) is 0.113. The molecule has 8 N–H and O–H groups in total. The van der Waals surface area contributed by atoms with Crippen LogP contribution in [-0.2, 0) is 33.9 Å². The van der Waals surface area contributed by atoms with E-state index in [2.05, 4.69) is 25.9 Å². The van der Waals surface area contributed by atoms with Crippen LogP contribution in [0.25, 0.3) is 10.9 Å². The molecule has 0 bridgehead atoms. The SMILES string of the molecule is CN1C(=O)[C@H](CCCCN)NC(=O)[C@H](CCCN)NCc2ccccc2Sc2c(ccnc2Cl)CNC(=O)[C@@H]1Cc1c[nH]c2ccccc12. The van der Waals surface area contributed by atoms with E-state index in [0.29, 0.717) is 56.9 Å². The average molecular weight is 705 g/mol. The number of nitrogens with one attached hydrogen (secondary N) is 4. The molecule has 1 aliphatic heterocycles. The van der Waals surface area contributed by atoms with Gasteiger partial charge in [0.2, 0.25) is 17.7 Å². The maximum Gasteiger partial charge on any atom is 0.245 e. The molecule has 5 rings (SSSR count). The number of amides is 3. The van der Waals surface area contributed by atoms with Crippen molar-refractivity contribution in [2.45, 2.75) is 79.5 Å². The van der Waals surface area contributed by atoms with E-state index in [1.54, 1.807) is 13.2 Å². The third kappa shape index (κ3) is 9.20. The molecule has 0 fully saturated rings. The van der Waals surface area contributed by atoms with Gasteiger partial charge in [0.1, 0.15) is 17.2 Å². The van der Waals surface area contributed by atoms with Gasteiger partial charge in [-0.1, -0.05) is 59.8 Å². The molecular weight excluding hydrogens is 660 g/mol. The first kappa shape index (κ1) is 36.3. The zero-order chi connectivity index (χ0) is 34.8. The number of benzene rings is 2. The lowest BCUT2D eigenvalue weighted by atomic mass is 10.0. The first-order chi connectivity index (χ1) is 23.8. The van der Waals surface area contributed by atoms with Crippen molar-refractivity contribution in [1.29, 1.82) is 0 Å². The van der Waals surface area contributed by atoms with Crippen LogP contribution >= 0.6 is 23.4 Å². The number of likely N-dealkylation sites (N-methyl/N-ethyl adjacent to an activating group) is 1. The molecule has 13 heteroatoms. The molecule has 3 atom stereocenters. The van der Waals surface area contributed by atoms with Crippen molar-refractivity contribution in [2.75, 3.05) is 20.1 Å². The van der Waals surface area contributed by atoms with Gasteiger partial charge in [-0.05, 0) is 80.1 Å². The Morgan fingerprint density at radius 1 is 0.898 bits per heavy atom. The fraction of sp³-hybridized carbons (Fsp3) is 0.389. The van der Waals surface area contributed by atoms with Crippen molar-refractivity contribution >= 4 is 52.0 Å². The van der Waals surface area contributed by atoms with E-state index < -0.39 is 18.1 Å². The van der Waals surface area contributed by atoms with Gasteiger partial charge < -0.3 is 37.3 Å². The molecule has 0 aliphatic carbocycles. The fourth-order valence-corrected chi connectivity index (χ4v) is 7.42. The van der Waals surface area contributed by atoms with Crippen LogP contribution in [0.1, 0.15) is 48.8 Å². The van der Waals surface area contributed by atoms with Crippen LogP contribution in [-0.4, -0.2) is 70.9 Å². The largest absolute Gasteiger partial charge is 0.361 e. The Kier molecular flexibility index (Phi) is 13.1. The number of hydrogen-bond acceptors (Lipinski definition) is 8. The highest BCUT2D eigenvalue weighted by Crippen LogP contribution is 2.37. The fourth-order valence-electron chi connectivity index (χ4n) is 6.08. The van der Waals surface area contributed by atoms with Crippen LogP contribution < -0.4 is 27.4 Å². The Morgan fingerprint density at radius 2 is 1.65 bits per heavy atom. The molecule has 49 heavy (non-hydrogen) atoms. The van der Waals surface area contributed by atoms with Crippen LogP contribution in [0.4, 0.5) is 0 Å². The van der Waals surface area contributed by atoms with Crippen molar-refractivity contribution in [3.05, 3.63) is 88.8 Å². The zero-order valence-electron chi connectivity index (χ0n) is 27.7. The number of carbonyl (C=O) groups is 3. The molecular formula is C36H45ClN8O3S. The van der Waals surface area contributed by atoms with Crippen molar-refractivity contribution in [3.63, 3.8) is 0 Å². The predicted octanol–water partition coefficient (Wildman–Crippen LogP) is 3.88.